The Bertz CT molecular complexity index is 1280. The monoisotopic (exact) mass is 480 g/mol. The lowest BCUT2D eigenvalue weighted by atomic mass is 9.86. The first-order valence-corrected chi connectivity index (χ1v) is 11.7. The molecule has 3 heterocycles. The molecule has 0 unspecified atom stereocenters. The molecule has 1 fully saturated rings. The van der Waals surface area contributed by atoms with E-state index in [2.05, 4.69) is 31.0 Å². The van der Waals surface area contributed by atoms with Crippen molar-refractivity contribution >= 4 is 23.2 Å². The molecule has 182 valence electrons. The molecule has 3 aromatic rings. The van der Waals surface area contributed by atoms with E-state index in [0.717, 1.165) is 42.0 Å². The topological polar surface area (TPSA) is 48.5 Å². The second kappa shape index (κ2) is 8.29. The van der Waals surface area contributed by atoms with Gasteiger partial charge in [-0.15, -0.1) is 0 Å². The van der Waals surface area contributed by atoms with Crippen LogP contribution < -0.4 is 15.1 Å². The van der Waals surface area contributed by atoms with Crippen molar-refractivity contribution in [3.8, 4) is 11.3 Å². The van der Waals surface area contributed by atoms with Gasteiger partial charge in [0.05, 0.1) is 23.0 Å². The van der Waals surface area contributed by atoms with Gasteiger partial charge >= 0.3 is 12.2 Å². The highest BCUT2D eigenvalue weighted by Gasteiger charge is 2.40. The Labute approximate surface area is 202 Å². The molecule has 35 heavy (non-hydrogen) atoms. The summed E-state index contributed by atoms with van der Waals surface area (Å²) in [6, 6.07) is 16.1. The summed E-state index contributed by atoms with van der Waals surface area (Å²) in [5, 5.41) is 3.08. The standard InChI is InChI=1S/C27H27F3N4O/c1-26(2,3)20-9-4-5-10-22(20)32-25(35)34-19-13-14-33(16-19)23-12-11-21(31-24(23)34)17-7-6-8-18(15-17)27(28,29)30/h4-12,15,19H,13-14,16H2,1-3H3,(H,32,35)/t19-/m0/s1. The molecule has 1 aromatic heterocycles. The smallest absolute Gasteiger partial charge is 0.366 e. The SMILES string of the molecule is CC(C)(C)c1ccccc1NC(=O)N1c2nc(-c3cccc(C(F)(F)F)c3)ccc2N2CC[C@H]1C2. The first-order chi connectivity index (χ1) is 16.5. The van der Waals surface area contributed by atoms with Crippen molar-refractivity contribution in [2.45, 2.75) is 44.8 Å². The second-order valence-electron chi connectivity index (χ2n) is 10.1. The summed E-state index contributed by atoms with van der Waals surface area (Å²) in [7, 11) is 0. The number of amides is 2. The average Bonchev–Trinajstić information content (AvgIpc) is 3.22. The zero-order chi connectivity index (χ0) is 25.0. The van der Waals surface area contributed by atoms with Crippen LogP contribution in [0.3, 0.4) is 0 Å². The molecule has 1 atom stereocenters. The van der Waals surface area contributed by atoms with Crippen LogP contribution in [0.25, 0.3) is 11.3 Å². The Morgan fingerprint density at radius 3 is 2.54 bits per heavy atom. The van der Waals surface area contributed by atoms with Crippen molar-refractivity contribution < 1.29 is 18.0 Å². The molecule has 2 aromatic carbocycles. The summed E-state index contributed by atoms with van der Waals surface area (Å²) in [6.07, 6.45) is -3.65. The molecule has 2 bridgehead atoms. The number of alkyl halides is 3. The van der Waals surface area contributed by atoms with E-state index in [9.17, 15) is 18.0 Å². The zero-order valence-electron chi connectivity index (χ0n) is 19.9. The number of nitrogens with zero attached hydrogens (tertiary/aromatic N) is 3. The number of benzene rings is 2. The van der Waals surface area contributed by atoms with Crippen molar-refractivity contribution in [3.63, 3.8) is 0 Å². The highest BCUT2D eigenvalue weighted by Crippen LogP contribution is 2.41. The number of rotatable bonds is 2. The number of hydrogen-bond donors (Lipinski definition) is 1. The highest BCUT2D eigenvalue weighted by molar-refractivity contribution is 6.05. The number of aromatic nitrogens is 1. The molecule has 0 radical (unpaired) electrons. The molecule has 5 nitrogen and oxygen atoms in total. The number of nitrogens with one attached hydrogen (secondary N) is 1. The normalized spacial score (nSPS) is 17.4. The van der Waals surface area contributed by atoms with E-state index >= 15 is 0 Å². The third kappa shape index (κ3) is 4.33. The van der Waals surface area contributed by atoms with E-state index in [1.165, 1.54) is 6.07 Å². The van der Waals surface area contributed by atoms with Gasteiger partial charge in [0.2, 0.25) is 0 Å². The lowest BCUT2D eigenvalue weighted by molar-refractivity contribution is -0.137. The van der Waals surface area contributed by atoms with Crippen LogP contribution in [0.5, 0.6) is 0 Å². The number of fused-ring (bicyclic) bond motifs is 4. The number of halogens is 3. The van der Waals surface area contributed by atoms with Gasteiger partial charge in [0.1, 0.15) is 0 Å². The molecule has 1 N–H and O–H groups in total. The summed E-state index contributed by atoms with van der Waals surface area (Å²) < 4.78 is 39.8. The van der Waals surface area contributed by atoms with Gasteiger partial charge in [-0.05, 0) is 47.7 Å². The van der Waals surface area contributed by atoms with Crippen LogP contribution in [0, 0.1) is 0 Å². The van der Waals surface area contributed by atoms with Gasteiger partial charge in [-0.2, -0.15) is 13.2 Å². The number of pyridine rings is 1. The van der Waals surface area contributed by atoms with Crippen molar-refractivity contribution in [2.24, 2.45) is 0 Å². The lowest BCUT2D eigenvalue weighted by Crippen LogP contribution is -2.48. The molecule has 5 rings (SSSR count). The van der Waals surface area contributed by atoms with Crippen molar-refractivity contribution in [2.75, 3.05) is 28.2 Å². The molecule has 0 aliphatic carbocycles. The second-order valence-corrected chi connectivity index (χ2v) is 10.1. The van der Waals surface area contributed by atoms with Crippen LogP contribution in [0.2, 0.25) is 0 Å². The fourth-order valence-electron chi connectivity index (χ4n) is 4.91. The van der Waals surface area contributed by atoms with Crippen LogP contribution in [-0.4, -0.2) is 30.1 Å². The molecule has 8 heteroatoms. The van der Waals surface area contributed by atoms with E-state index < -0.39 is 11.7 Å². The van der Waals surface area contributed by atoms with Crippen molar-refractivity contribution in [1.82, 2.24) is 4.98 Å². The minimum atomic E-state index is -4.44. The summed E-state index contributed by atoms with van der Waals surface area (Å²) in [5.41, 5.74) is 2.42. The quantitative estimate of drug-likeness (QED) is 0.444. The van der Waals surface area contributed by atoms with Crippen molar-refractivity contribution in [3.05, 3.63) is 71.8 Å². The Morgan fingerprint density at radius 1 is 1.03 bits per heavy atom. The molecule has 0 saturated carbocycles. The number of carbonyl (C=O) groups is 1. The van der Waals surface area contributed by atoms with E-state index in [-0.39, 0.29) is 17.5 Å². The molecule has 2 aliphatic rings. The van der Waals surface area contributed by atoms with Crippen molar-refractivity contribution in [1.29, 1.82) is 0 Å². The van der Waals surface area contributed by atoms with E-state index in [0.29, 0.717) is 23.6 Å². The molecular formula is C27H27F3N4O. The summed E-state index contributed by atoms with van der Waals surface area (Å²) in [5.74, 6) is 0.472. The fourth-order valence-corrected chi connectivity index (χ4v) is 4.91. The lowest BCUT2D eigenvalue weighted by Gasteiger charge is -2.36. The third-order valence-corrected chi connectivity index (χ3v) is 6.63. The molecule has 2 amide bonds. The van der Waals surface area contributed by atoms with Crippen LogP contribution in [0.4, 0.5) is 35.2 Å². The van der Waals surface area contributed by atoms with Gasteiger partial charge in [-0.1, -0.05) is 51.1 Å². The number of hydrogen-bond acceptors (Lipinski definition) is 3. The molecular weight excluding hydrogens is 453 g/mol. The Hall–Kier alpha value is -3.55. The summed E-state index contributed by atoms with van der Waals surface area (Å²) in [6.45, 7) is 7.76. The number of urea groups is 1. The van der Waals surface area contributed by atoms with Crippen LogP contribution in [0.1, 0.15) is 38.3 Å². The van der Waals surface area contributed by atoms with Gasteiger partial charge in [0.25, 0.3) is 0 Å². The number of para-hydroxylation sites is 1. The maximum atomic E-state index is 13.6. The number of anilines is 3. The highest BCUT2D eigenvalue weighted by atomic mass is 19.4. The molecule has 0 spiro atoms. The Morgan fingerprint density at radius 2 is 1.80 bits per heavy atom. The Kier molecular flexibility index (Phi) is 5.49. The summed E-state index contributed by atoms with van der Waals surface area (Å²) >= 11 is 0. The predicted octanol–water partition coefficient (Wildman–Crippen LogP) is 6.70. The Balaban J connectivity index is 1.53. The minimum absolute atomic E-state index is 0.0615. The zero-order valence-corrected chi connectivity index (χ0v) is 19.9. The largest absolute Gasteiger partial charge is 0.416 e. The number of carbonyl (C=O) groups excluding carboxylic acids is 1. The van der Waals surface area contributed by atoms with E-state index in [4.69, 9.17) is 4.98 Å². The third-order valence-electron chi connectivity index (χ3n) is 6.63. The molecule has 2 aliphatic heterocycles. The van der Waals surface area contributed by atoms with Gasteiger partial charge in [0.15, 0.2) is 5.82 Å². The summed E-state index contributed by atoms with van der Waals surface area (Å²) in [4.78, 5) is 22.2. The van der Waals surface area contributed by atoms with Crippen LogP contribution in [-0.2, 0) is 11.6 Å². The maximum absolute atomic E-state index is 13.6. The maximum Gasteiger partial charge on any atom is 0.416 e. The average molecular weight is 481 g/mol. The van der Waals surface area contributed by atoms with Crippen LogP contribution >= 0.6 is 0 Å². The van der Waals surface area contributed by atoms with Gasteiger partial charge < -0.3 is 10.2 Å². The molecule has 1 saturated heterocycles. The first-order valence-electron chi connectivity index (χ1n) is 11.7. The van der Waals surface area contributed by atoms with Gasteiger partial charge in [-0.25, -0.2) is 9.78 Å². The van der Waals surface area contributed by atoms with E-state index in [1.54, 1.807) is 17.0 Å². The van der Waals surface area contributed by atoms with Gasteiger partial charge in [0, 0.05) is 24.3 Å². The minimum Gasteiger partial charge on any atom is -0.366 e. The van der Waals surface area contributed by atoms with Crippen LogP contribution in [0.15, 0.2) is 60.7 Å². The van der Waals surface area contributed by atoms with Gasteiger partial charge in [-0.3, -0.25) is 4.90 Å². The fraction of sp³-hybridized carbons (Fsp3) is 0.333. The predicted molar refractivity (Wildman–Crippen MR) is 132 cm³/mol. The first kappa shape index (κ1) is 23.2. The van der Waals surface area contributed by atoms with E-state index in [1.807, 2.05) is 30.3 Å².